The van der Waals surface area contributed by atoms with Gasteiger partial charge in [0.05, 0.1) is 5.69 Å². The number of aromatic nitrogens is 2. The van der Waals surface area contributed by atoms with Crippen LogP contribution in [-0.4, -0.2) is 21.7 Å². The molecule has 5 nitrogen and oxygen atoms in total. The van der Waals surface area contributed by atoms with Crippen molar-refractivity contribution in [2.24, 2.45) is 0 Å². The van der Waals surface area contributed by atoms with Gasteiger partial charge in [0.1, 0.15) is 0 Å². The molecule has 0 unspecified atom stereocenters. The summed E-state index contributed by atoms with van der Waals surface area (Å²) in [7, 11) is 0. The summed E-state index contributed by atoms with van der Waals surface area (Å²) in [6, 6.07) is 10.8. The molecule has 2 aromatic heterocycles. The van der Waals surface area contributed by atoms with Crippen LogP contribution < -0.4 is 5.32 Å². The molecule has 0 aliphatic rings. The van der Waals surface area contributed by atoms with E-state index in [1.807, 2.05) is 29.6 Å². The molecule has 0 fully saturated rings. The number of hydrogen-bond acceptors (Lipinski definition) is 5. The van der Waals surface area contributed by atoms with Crippen molar-refractivity contribution in [3.63, 3.8) is 0 Å². The van der Waals surface area contributed by atoms with Crippen LogP contribution in [-0.2, 0) is 10.2 Å². The third-order valence-electron chi connectivity index (χ3n) is 3.92. The van der Waals surface area contributed by atoms with Gasteiger partial charge in [-0.05, 0) is 23.1 Å². The molecule has 0 saturated heterocycles. The number of anilines is 1. The summed E-state index contributed by atoms with van der Waals surface area (Å²) in [4.78, 5) is 32.9. The SMILES string of the molecule is CC(C)(C)c1ccc(C(=O)C(=O)Nc2nc(-c3ccncc3)cs2)cc1. The minimum Gasteiger partial charge on any atom is -0.295 e. The number of hydrogen-bond donors (Lipinski definition) is 1. The van der Waals surface area contributed by atoms with Gasteiger partial charge in [-0.25, -0.2) is 4.98 Å². The Labute approximate surface area is 156 Å². The van der Waals surface area contributed by atoms with Gasteiger partial charge in [0, 0.05) is 28.9 Å². The van der Waals surface area contributed by atoms with Gasteiger partial charge in [-0.3, -0.25) is 19.9 Å². The minimum absolute atomic E-state index is 0.00587. The molecule has 26 heavy (non-hydrogen) atoms. The molecule has 132 valence electrons. The van der Waals surface area contributed by atoms with E-state index in [0.29, 0.717) is 10.7 Å². The maximum Gasteiger partial charge on any atom is 0.298 e. The van der Waals surface area contributed by atoms with Crippen molar-refractivity contribution in [2.45, 2.75) is 26.2 Å². The standard InChI is InChI=1S/C20H19N3O2S/c1-20(2,3)15-6-4-14(5-7-15)17(24)18(25)23-19-22-16(12-26-19)13-8-10-21-11-9-13/h4-12H,1-3H3,(H,22,23,25). The molecule has 1 N–H and O–H groups in total. The van der Waals surface area contributed by atoms with E-state index in [0.717, 1.165) is 16.8 Å². The highest BCUT2D eigenvalue weighted by Crippen LogP contribution is 2.25. The summed E-state index contributed by atoms with van der Waals surface area (Å²) in [6.45, 7) is 6.29. The Hall–Kier alpha value is -2.86. The number of benzene rings is 1. The first-order valence-electron chi connectivity index (χ1n) is 8.17. The van der Waals surface area contributed by atoms with Gasteiger partial charge in [0.15, 0.2) is 5.13 Å². The lowest BCUT2D eigenvalue weighted by Gasteiger charge is -2.18. The Morgan fingerprint density at radius 2 is 1.65 bits per heavy atom. The van der Waals surface area contributed by atoms with Crippen LogP contribution in [0.15, 0.2) is 54.2 Å². The van der Waals surface area contributed by atoms with E-state index in [1.54, 1.807) is 24.5 Å². The van der Waals surface area contributed by atoms with E-state index < -0.39 is 11.7 Å². The second-order valence-electron chi connectivity index (χ2n) is 6.88. The Morgan fingerprint density at radius 3 is 2.27 bits per heavy atom. The van der Waals surface area contributed by atoms with Gasteiger partial charge < -0.3 is 0 Å². The van der Waals surface area contributed by atoms with Crippen molar-refractivity contribution < 1.29 is 9.59 Å². The first kappa shape index (κ1) is 17.9. The topological polar surface area (TPSA) is 72.0 Å². The van der Waals surface area contributed by atoms with E-state index in [9.17, 15) is 9.59 Å². The maximum absolute atomic E-state index is 12.3. The number of carbonyl (C=O) groups excluding carboxylic acids is 2. The zero-order valence-corrected chi connectivity index (χ0v) is 15.6. The van der Waals surface area contributed by atoms with Crippen LogP contribution in [0, 0.1) is 0 Å². The lowest BCUT2D eigenvalue weighted by atomic mass is 9.86. The molecule has 1 amide bonds. The summed E-state index contributed by atoms with van der Waals surface area (Å²) in [6.07, 6.45) is 3.36. The van der Waals surface area contributed by atoms with Crippen LogP contribution in [0.4, 0.5) is 5.13 Å². The second-order valence-corrected chi connectivity index (χ2v) is 7.74. The summed E-state index contributed by atoms with van der Waals surface area (Å²) < 4.78 is 0. The van der Waals surface area contributed by atoms with Gasteiger partial charge in [-0.1, -0.05) is 45.0 Å². The van der Waals surface area contributed by atoms with Crippen LogP contribution in [0.5, 0.6) is 0 Å². The highest BCUT2D eigenvalue weighted by molar-refractivity contribution is 7.14. The lowest BCUT2D eigenvalue weighted by molar-refractivity contribution is -0.112. The van der Waals surface area contributed by atoms with E-state index in [4.69, 9.17) is 0 Å². The van der Waals surface area contributed by atoms with Crippen LogP contribution >= 0.6 is 11.3 Å². The largest absolute Gasteiger partial charge is 0.298 e. The summed E-state index contributed by atoms with van der Waals surface area (Å²) in [5.74, 6) is -1.27. The van der Waals surface area contributed by atoms with Crippen molar-refractivity contribution in [2.75, 3.05) is 5.32 Å². The fraction of sp³-hybridized carbons (Fsp3) is 0.200. The van der Waals surface area contributed by atoms with Crippen molar-refractivity contribution in [3.8, 4) is 11.3 Å². The first-order chi connectivity index (χ1) is 12.3. The van der Waals surface area contributed by atoms with Gasteiger partial charge in [-0.2, -0.15) is 0 Å². The molecular weight excluding hydrogens is 346 g/mol. The number of pyridine rings is 1. The average Bonchev–Trinajstić information content (AvgIpc) is 3.09. The van der Waals surface area contributed by atoms with Gasteiger partial charge >= 0.3 is 0 Å². The lowest BCUT2D eigenvalue weighted by Crippen LogP contribution is -2.23. The molecule has 3 rings (SSSR count). The molecule has 0 spiro atoms. The summed E-state index contributed by atoms with van der Waals surface area (Å²) in [5.41, 5.74) is 3.10. The van der Waals surface area contributed by atoms with Crippen molar-refractivity contribution in [1.29, 1.82) is 0 Å². The van der Waals surface area contributed by atoms with Gasteiger partial charge in [0.25, 0.3) is 11.7 Å². The molecule has 0 aliphatic carbocycles. The molecule has 0 aliphatic heterocycles. The predicted octanol–water partition coefficient (Wildman–Crippen LogP) is 4.32. The summed E-state index contributed by atoms with van der Waals surface area (Å²) in [5, 5.41) is 4.80. The maximum atomic E-state index is 12.3. The Balaban J connectivity index is 1.70. The smallest absolute Gasteiger partial charge is 0.295 e. The van der Waals surface area contributed by atoms with Crippen molar-refractivity contribution in [3.05, 3.63) is 65.3 Å². The minimum atomic E-state index is -0.691. The van der Waals surface area contributed by atoms with E-state index >= 15 is 0 Å². The average molecular weight is 365 g/mol. The molecule has 1 aromatic carbocycles. The Kier molecular flexibility index (Phi) is 4.95. The van der Waals surface area contributed by atoms with Crippen LogP contribution in [0.25, 0.3) is 11.3 Å². The molecule has 2 heterocycles. The molecular formula is C20H19N3O2S. The first-order valence-corrected chi connectivity index (χ1v) is 9.05. The number of rotatable bonds is 4. The quantitative estimate of drug-likeness (QED) is 0.552. The number of ketones is 1. The summed E-state index contributed by atoms with van der Waals surface area (Å²) >= 11 is 1.28. The van der Waals surface area contributed by atoms with Crippen LogP contribution in [0.3, 0.4) is 0 Å². The molecule has 0 radical (unpaired) electrons. The van der Waals surface area contributed by atoms with Crippen molar-refractivity contribution in [1.82, 2.24) is 9.97 Å². The van der Waals surface area contributed by atoms with E-state index in [-0.39, 0.29) is 5.41 Å². The van der Waals surface area contributed by atoms with E-state index in [1.165, 1.54) is 11.3 Å². The van der Waals surface area contributed by atoms with Crippen LogP contribution in [0.1, 0.15) is 36.7 Å². The number of amides is 1. The Morgan fingerprint density at radius 1 is 1.00 bits per heavy atom. The molecule has 0 bridgehead atoms. The third kappa shape index (κ3) is 4.03. The Bertz CT molecular complexity index is 926. The molecule has 0 saturated carbocycles. The fourth-order valence-electron chi connectivity index (χ4n) is 2.39. The fourth-order valence-corrected chi connectivity index (χ4v) is 3.11. The number of thiazole rings is 1. The van der Waals surface area contributed by atoms with E-state index in [2.05, 4.69) is 36.1 Å². The number of carbonyl (C=O) groups is 2. The third-order valence-corrected chi connectivity index (χ3v) is 4.68. The molecule has 6 heteroatoms. The zero-order chi connectivity index (χ0) is 18.7. The van der Waals surface area contributed by atoms with Crippen LogP contribution in [0.2, 0.25) is 0 Å². The second kappa shape index (κ2) is 7.17. The predicted molar refractivity (Wildman–Crippen MR) is 103 cm³/mol. The molecule has 3 aromatic rings. The van der Waals surface area contributed by atoms with Crippen molar-refractivity contribution >= 4 is 28.2 Å². The van der Waals surface area contributed by atoms with Gasteiger partial charge in [-0.15, -0.1) is 11.3 Å². The zero-order valence-electron chi connectivity index (χ0n) is 14.8. The normalized spacial score (nSPS) is 11.2. The number of Topliss-reactive ketones (excluding diaryl/α,β-unsaturated/α-hetero) is 1. The highest BCUT2D eigenvalue weighted by atomic mass is 32.1. The monoisotopic (exact) mass is 365 g/mol. The van der Waals surface area contributed by atoms with Gasteiger partial charge in [0.2, 0.25) is 0 Å². The number of nitrogens with one attached hydrogen (secondary N) is 1. The highest BCUT2D eigenvalue weighted by Gasteiger charge is 2.19. The number of nitrogens with zero attached hydrogens (tertiary/aromatic N) is 2. The molecule has 0 atom stereocenters.